The second-order valence-corrected chi connectivity index (χ2v) is 5.62. The topological polar surface area (TPSA) is 66.4 Å². The third-order valence-corrected chi connectivity index (χ3v) is 3.21. The molecule has 0 aliphatic carbocycles. The van der Waals surface area contributed by atoms with E-state index in [0.717, 1.165) is 12.0 Å². The van der Waals surface area contributed by atoms with Crippen molar-refractivity contribution in [2.24, 2.45) is 11.8 Å². The predicted molar refractivity (Wildman–Crippen MR) is 78.7 cm³/mol. The van der Waals surface area contributed by atoms with Gasteiger partial charge in [-0.15, -0.1) is 0 Å². The number of carbonyl (C=O) groups is 2. The van der Waals surface area contributed by atoms with Crippen LogP contribution in [0.5, 0.6) is 0 Å². The molecule has 1 aromatic carbocycles. The lowest BCUT2D eigenvalue weighted by atomic mass is 9.94. The first-order chi connectivity index (χ1) is 9.40. The van der Waals surface area contributed by atoms with E-state index in [1.165, 1.54) is 0 Å². The molecule has 1 amide bonds. The molecule has 1 aromatic rings. The van der Waals surface area contributed by atoms with Gasteiger partial charge >= 0.3 is 5.97 Å². The number of aryl methyl sites for hydroxylation is 1. The molecule has 110 valence electrons. The van der Waals surface area contributed by atoms with Gasteiger partial charge in [0, 0.05) is 18.5 Å². The van der Waals surface area contributed by atoms with Crippen LogP contribution in [0.2, 0.25) is 0 Å². The Morgan fingerprint density at radius 3 is 2.45 bits per heavy atom. The van der Waals surface area contributed by atoms with Crippen molar-refractivity contribution in [2.45, 2.75) is 33.6 Å². The first-order valence-electron chi connectivity index (χ1n) is 6.95. The molecular formula is C16H23NO3. The zero-order chi connectivity index (χ0) is 15.1. The van der Waals surface area contributed by atoms with Crippen LogP contribution < -0.4 is 5.32 Å². The minimum absolute atomic E-state index is 0.0273. The van der Waals surface area contributed by atoms with E-state index in [9.17, 15) is 9.59 Å². The fourth-order valence-electron chi connectivity index (χ4n) is 2.31. The van der Waals surface area contributed by atoms with Crippen molar-refractivity contribution in [2.75, 3.05) is 6.54 Å². The molecule has 0 aliphatic rings. The Balaban J connectivity index is 2.60. The summed E-state index contributed by atoms with van der Waals surface area (Å²) in [5, 5.41) is 11.8. The molecule has 0 fully saturated rings. The molecule has 0 radical (unpaired) electrons. The Hall–Kier alpha value is -1.84. The lowest BCUT2D eigenvalue weighted by Crippen LogP contribution is -2.31. The smallest absolute Gasteiger partial charge is 0.303 e. The number of amides is 1. The Labute approximate surface area is 120 Å². The summed E-state index contributed by atoms with van der Waals surface area (Å²) in [5.41, 5.74) is 1.56. The van der Waals surface area contributed by atoms with Gasteiger partial charge in [0.1, 0.15) is 0 Å². The van der Waals surface area contributed by atoms with E-state index in [1.54, 1.807) is 6.07 Å². The highest BCUT2D eigenvalue weighted by atomic mass is 16.4. The van der Waals surface area contributed by atoms with E-state index in [0.29, 0.717) is 18.0 Å². The second-order valence-electron chi connectivity index (χ2n) is 5.62. The van der Waals surface area contributed by atoms with Crippen molar-refractivity contribution >= 4 is 11.9 Å². The van der Waals surface area contributed by atoms with Gasteiger partial charge in [0.25, 0.3) is 5.91 Å². The maximum atomic E-state index is 12.1. The van der Waals surface area contributed by atoms with Crippen molar-refractivity contribution in [3.05, 3.63) is 35.4 Å². The molecule has 1 rings (SSSR count). The highest BCUT2D eigenvalue weighted by Crippen LogP contribution is 2.15. The summed E-state index contributed by atoms with van der Waals surface area (Å²) in [4.78, 5) is 22.9. The number of rotatable bonds is 7. The van der Waals surface area contributed by atoms with Crippen LogP contribution in [0.15, 0.2) is 24.3 Å². The zero-order valence-corrected chi connectivity index (χ0v) is 12.3. The summed E-state index contributed by atoms with van der Waals surface area (Å²) in [7, 11) is 0. The molecule has 4 heteroatoms. The monoisotopic (exact) mass is 277 g/mol. The quantitative estimate of drug-likeness (QED) is 0.805. The lowest BCUT2D eigenvalue weighted by Gasteiger charge is -2.18. The number of nitrogens with one attached hydrogen (secondary N) is 1. The number of benzene rings is 1. The largest absolute Gasteiger partial charge is 0.481 e. The fraction of sp³-hybridized carbons (Fsp3) is 0.500. The fourth-order valence-corrected chi connectivity index (χ4v) is 2.31. The molecule has 0 spiro atoms. The first kappa shape index (κ1) is 16.2. The Kier molecular flexibility index (Phi) is 6.22. The van der Waals surface area contributed by atoms with E-state index in [4.69, 9.17) is 5.11 Å². The first-order valence-corrected chi connectivity index (χ1v) is 6.95. The minimum atomic E-state index is -0.819. The van der Waals surface area contributed by atoms with Crippen LogP contribution in [0.25, 0.3) is 0 Å². The SMILES string of the molecule is Cc1ccccc1C(=O)NC[C@H](CC(=O)O)CC(C)C. The van der Waals surface area contributed by atoms with E-state index < -0.39 is 5.97 Å². The van der Waals surface area contributed by atoms with Crippen LogP contribution in [0, 0.1) is 18.8 Å². The molecule has 2 N–H and O–H groups in total. The molecule has 20 heavy (non-hydrogen) atoms. The van der Waals surface area contributed by atoms with E-state index in [2.05, 4.69) is 19.2 Å². The second kappa shape index (κ2) is 7.68. The average molecular weight is 277 g/mol. The summed E-state index contributed by atoms with van der Waals surface area (Å²) in [6.45, 7) is 6.39. The zero-order valence-electron chi connectivity index (χ0n) is 12.3. The molecule has 0 aromatic heterocycles. The van der Waals surface area contributed by atoms with Crippen LogP contribution in [-0.2, 0) is 4.79 Å². The summed E-state index contributed by atoms with van der Waals surface area (Å²) in [5.74, 6) is -0.571. The highest BCUT2D eigenvalue weighted by Gasteiger charge is 2.17. The maximum absolute atomic E-state index is 12.1. The third kappa shape index (κ3) is 5.43. The van der Waals surface area contributed by atoms with Crippen LogP contribution in [0.3, 0.4) is 0 Å². The number of hydrogen-bond acceptors (Lipinski definition) is 2. The van der Waals surface area contributed by atoms with Gasteiger partial charge in [-0.1, -0.05) is 32.0 Å². The number of hydrogen-bond donors (Lipinski definition) is 2. The molecule has 0 bridgehead atoms. The van der Waals surface area contributed by atoms with Gasteiger partial charge in [-0.3, -0.25) is 9.59 Å². The van der Waals surface area contributed by atoms with Crippen molar-refractivity contribution in [3.63, 3.8) is 0 Å². The normalized spacial score (nSPS) is 12.2. The Bertz CT molecular complexity index is 469. The molecule has 0 saturated heterocycles. The number of aliphatic carboxylic acids is 1. The lowest BCUT2D eigenvalue weighted by molar-refractivity contribution is -0.138. The van der Waals surface area contributed by atoms with Crippen LogP contribution in [-0.4, -0.2) is 23.5 Å². The van der Waals surface area contributed by atoms with Crippen molar-refractivity contribution < 1.29 is 14.7 Å². The summed E-state index contributed by atoms with van der Waals surface area (Å²) >= 11 is 0. The maximum Gasteiger partial charge on any atom is 0.303 e. The number of carboxylic acid groups (broad SMARTS) is 1. The average Bonchev–Trinajstić information content (AvgIpc) is 2.34. The molecular weight excluding hydrogens is 254 g/mol. The number of carboxylic acids is 1. The van der Waals surface area contributed by atoms with E-state index in [-0.39, 0.29) is 18.2 Å². The summed E-state index contributed by atoms with van der Waals surface area (Å²) in [6, 6.07) is 7.37. The van der Waals surface area contributed by atoms with Gasteiger partial charge in [0.05, 0.1) is 0 Å². The van der Waals surface area contributed by atoms with Gasteiger partial charge in [0.15, 0.2) is 0 Å². The van der Waals surface area contributed by atoms with Gasteiger partial charge in [-0.05, 0) is 36.8 Å². The van der Waals surface area contributed by atoms with Gasteiger partial charge < -0.3 is 10.4 Å². The van der Waals surface area contributed by atoms with Gasteiger partial charge in [-0.2, -0.15) is 0 Å². The standard InChI is InChI=1S/C16H23NO3/c1-11(2)8-13(9-15(18)19)10-17-16(20)14-7-5-4-6-12(14)3/h4-7,11,13H,8-10H2,1-3H3,(H,17,20)(H,18,19)/t13-/m0/s1. The van der Waals surface area contributed by atoms with E-state index >= 15 is 0 Å². The Morgan fingerprint density at radius 1 is 1.25 bits per heavy atom. The van der Waals surface area contributed by atoms with Gasteiger partial charge in [-0.25, -0.2) is 0 Å². The van der Waals surface area contributed by atoms with Crippen molar-refractivity contribution in [1.82, 2.24) is 5.32 Å². The molecule has 1 atom stereocenters. The van der Waals surface area contributed by atoms with Gasteiger partial charge in [0.2, 0.25) is 0 Å². The van der Waals surface area contributed by atoms with Crippen LogP contribution >= 0.6 is 0 Å². The molecule has 0 aliphatic heterocycles. The van der Waals surface area contributed by atoms with Crippen molar-refractivity contribution in [1.29, 1.82) is 0 Å². The van der Waals surface area contributed by atoms with Crippen LogP contribution in [0.4, 0.5) is 0 Å². The Morgan fingerprint density at radius 2 is 1.90 bits per heavy atom. The summed E-state index contributed by atoms with van der Waals surface area (Å²) in [6.07, 6.45) is 0.882. The third-order valence-electron chi connectivity index (χ3n) is 3.21. The van der Waals surface area contributed by atoms with Crippen LogP contribution in [0.1, 0.15) is 42.6 Å². The molecule has 0 unspecified atom stereocenters. The van der Waals surface area contributed by atoms with Crippen molar-refractivity contribution in [3.8, 4) is 0 Å². The number of carbonyl (C=O) groups excluding carboxylic acids is 1. The molecule has 0 heterocycles. The van der Waals surface area contributed by atoms with E-state index in [1.807, 2.05) is 25.1 Å². The molecule has 4 nitrogen and oxygen atoms in total. The minimum Gasteiger partial charge on any atom is -0.481 e. The predicted octanol–water partition coefficient (Wildman–Crippen LogP) is 2.86. The highest BCUT2D eigenvalue weighted by molar-refractivity contribution is 5.95. The molecule has 0 saturated carbocycles. The summed E-state index contributed by atoms with van der Waals surface area (Å²) < 4.78 is 0.